The predicted molar refractivity (Wildman–Crippen MR) is 79.1 cm³/mol. The fraction of sp³-hybridized carbons (Fsp3) is 0.562. The van der Waals surface area contributed by atoms with Gasteiger partial charge in [0, 0.05) is 17.8 Å². The van der Waals surface area contributed by atoms with Crippen molar-refractivity contribution in [3.05, 3.63) is 29.3 Å². The highest BCUT2D eigenvalue weighted by atomic mass is 16.1. The maximum Gasteiger partial charge on any atom is 0.251 e. The Bertz CT molecular complexity index is 462. The van der Waals surface area contributed by atoms with Gasteiger partial charge in [-0.1, -0.05) is 25.8 Å². The van der Waals surface area contributed by atoms with Crippen LogP contribution in [0.4, 0.5) is 5.69 Å². The smallest absolute Gasteiger partial charge is 0.251 e. The lowest BCUT2D eigenvalue weighted by Crippen LogP contribution is -2.35. The number of carbonyl (C=O) groups is 1. The molecule has 1 aliphatic rings. The molecule has 1 fully saturated rings. The van der Waals surface area contributed by atoms with E-state index in [1.165, 1.54) is 25.7 Å². The third kappa shape index (κ3) is 3.09. The number of hydrogen-bond donors (Lipinski definition) is 2. The molecule has 3 nitrogen and oxygen atoms in total. The van der Waals surface area contributed by atoms with Crippen molar-refractivity contribution in [1.82, 2.24) is 5.32 Å². The van der Waals surface area contributed by atoms with Gasteiger partial charge in [0.1, 0.15) is 0 Å². The van der Waals surface area contributed by atoms with Gasteiger partial charge in [-0.25, -0.2) is 0 Å². The summed E-state index contributed by atoms with van der Waals surface area (Å²) in [5.74, 6) is -0.00794. The Kier molecular flexibility index (Phi) is 4.13. The first-order valence-electron chi connectivity index (χ1n) is 7.21. The third-order valence-corrected chi connectivity index (χ3v) is 4.58. The number of benzene rings is 1. The Hall–Kier alpha value is -1.51. The van der Waals surface area contributed by atoms with Crippen LogP contribution in [0.3, 0.4) is 0 Å². The summed E-state index contributed by atoms with van der Waals surface area (Å²) in [6, 6.07) is 5.50. The van der Waals surface area contributed by atoms with Gasteiger partial charge in [-0.05, 0) is 49.3 Å². The lowest BCUT2D eigenvalue weighted by molar-refractivity contribution is 0.0929. The van der Waals surface area contributed by atoms with Crippen LogP contribution in [0.2, 0.25) is 0 Å². The van der Waals surface area contributed by atoms with Gasteiger partial charge in [0.05, 0.1) is 0 Å². The Labute approximate surface area is 115 Å². The number of aryl methyl sites for hydroxylation is 1. The Balaban J connectivity index is 1.99. The van der Waals surface area contributed by atoms with Crippen LogP contribution in [-0.4, -0.2) is 12.5 Å². The topological polar surface area (TPSA) is 55.1 Å². The quantitative estimate of drug-likeness (QED) is 0.816. The van der Waals surface area contributed by atoms with Crippen molar-refractivity contribution >= 4 is 11.6 Å². The second-order valence-corrected chi connectivity index (χ2v) is 5.81. The Morgan fingerprint density at radius 2 is 2.05 bits per heavy atom. The van der Waals surface area contributed by atoms with Crippen molar-refractivity contribution in [2.45, 2.75) is 46.0 Å². The zero-order valence-corrected chi connectivity index (χ0v) is 12.0. The van der Waals surface area contributed by atoms with Crippen LogP contribution < -0.4 is 11.1 Å². The van der Waals surface area contributed by atoms with Gasteiger partial charge in [0.15, 0.2) is 0 Å². The van der Waals surface area contributed by atoms with E-state index in [0.29, 0.717) is 16.7 Å². The minimum atomic E-state index is -0.00794. The number of anilines is 1. The molecule has 3 N–H and O–H groups in total. The van der Waals surface area contributed by atoms with Crippen molar-refractivity contribution in [3.63, 3.8) is 0 Å². The van der Waals surface area contributed by atoms with E-state index in [1.54, 1.807) is 6.07 Å². The molecule has 1 aliphatic carbocycles. The van der Waals surface area contributed by atoms with Gasteiger partial charge in [0.25, 0.3) is 5.91 Å². The molecule has 1 aromatic rings. The molecule has 2 rings (SSSR count). The monoisotopic (exact) mass is 260 g/mol. The number of nitrogen functional groups attached to an aromatic ring is 1. The number of nitrogens with two attached hydrogens (primary N) is 1. The number of carbonyl (C=O) groups excluding carboxylic acids is 1. The fourth-order valence-corrected chi connectivity index (χ4v) is 2.93. The second-order valence-electron chi connectivity index (χ2n) is 5.81. The SMILES string of the molecule is CCC1(CNC(=O)c2ccc(C)c(N)c2)CCCC1. The Morgan fingerprint density at radius 1 is 1.37 bits per heavy atom. The van der Waals surface area contributed by atoms with E-state index >= 15 is 0 Å². The van der Waals surface area contributed by atoms with Gasteiger partial charge < -0.3 is 11.1 Å². The van der Waals surface area contributed by atoms with Crippen LogP contribution >= 0.6 is 0 Å². The maximum absolute atomic E-state index is 12.2. The summed E-state index contributed by atoms with van der Waals surface area (Å²) in [5.41, 5.74) is 8.52. The minimum Gasteiger partial charge on any atom is -0.398 e. The molecule has 0 spiro atoms. The van der Waals surface area contributed by atoms with E-state index in [1.807, 2.05) is 19.1 Å². The lowest BCUT2D eigenvalue weighted by Gasteiger charge is -2.27. The van der Waals surface area contributed by atoms with Crippen LogP contribution in [0, 0.1) is 12.3 Å². The molecule has 0 atom stereocenters. The van der Waals surface area contributed by atoms with Crippen LogP contribution in [0.15, 0.2) is 18.2 Å². The van der Waals surface area contributed by atoms with Crippen molar-refractivity contribution < 1.29 is 4.79 Å². The summed E-state index contributed by atoms with van der Waals surface area (Å²) in [4.78, 5) is 12.2. The Morgan fingerprint density at radius 3 is 2.63 bits per heavy atom. The molecule has 0 bridgehead atoms. The third-order valence-electron chi connectivity index (χ3n) is 4.58. The van der Waals surface area contributed by atoms with E-state index in [2.05, 4.69) is 12.2 Å². The summed E-state index contributed by atoms with van der Waals surface area (Å²) in [6.07, 6.45) is 6.20. The molecule has 0 saturated heterocycles. The molecule has 0 aliphatic heterocycles. The standard InChI is InChI=1S/C16H24N2O/c1-3-16(8-4-5-9-16)11-18-15(19)13-7-6-12(2)14(17)10-13/h6-7,10H,3-5,8-9,11,17H2,1-2H3,(H,18,19). The molecule has 19 heavy (non-hydrogen) atoms. The molecule has 3 heteroatoms. The number of amides is 1. The predicted octanol–water partition coefficient (Wildman–Crippen LogP) is 3.28. The highest BCUT2D eigenvalue weighted by molar-refractivity contribution is 5.95. The van der Waals surface area contributed by atoms with Crippen molar-refractivity contribution in [2.75, 3.05) is 12.3 Å². The van der Waals surface area contributed by atoms with Crippen molar-refractivity contribution in [3.8, 4) is 0 Å². The summed E-state index contributed by atoms with van der Waals surface area (Å²) < 4.78 is 0. The molecule has 0 aromatic heterocycles. The van der Waals surface area contributed by atoms with E-state index in [0.717, 1.165) is 18.5 Å². The second kappa shape index (κ2) is 5.64. The first-order valence-corrected chi connectivity index (χ1v) is 7.21. The summed E-state index contributed by atoms with van der Waals surface area (Å²) in [5, 5.41) is 3.08. The highest BCUT2D eigenvalue weighted by Crippen LogP contribution is 2.40. The number of nitrogens with one attached hydrogen (secondary N) is 1. The normalized spacial score (nSPS) is 17.4. The van der Waals surface area contributed by atoms with E-state index in [9.17, 15) is 4.79 Å². The van der Waals surface area contributed by atoms with Crippen molar-refractivity contribution in [2.24, 2.45) is 5.41 Å². The molecule has 1 aromatic carbocycles. The molecule has 0 unspecified atom stereocenters. The zero-order chi connectivity index (χ0) is 13.9. The van der Waals surface area contributed by atoms with E-state index < -0.39 is 0 Å². The number of hydrogen-bond acceptors (Lipinski definition) is 2. The summed E-state index contributed by atoms with van der Waals surface area (Å²) in [7, 11) is 0. The molecule has 0 heterocycles. The first kappa shape index (κ1) is 13.9. The van der Waals surface area contributed by atoms with E-state index in [4.69, 9.17) is 5.73 Å². The molecule has 0 radical (unpaired) electrons. The largest absolute Gasteiger partial charge is 0.398 e. The average molecular weight is 260 g/mol. The number of rotatable bonds is 4. The molecular formula is C16H24N2O. The minimum absolute atomic E-state index is 0.00794. The molecule has 1 saturated carbocycles. The van der Waals surface area contributed by atoms with Crippen LogP contribution in [0.1, 0.15) is 54.9 Å². The maximum atomic E-state index is 12.2. The molecular weight excluding hydrogens is 236 g/mol. The van der Waals surface area contributed by atoms with Gasteiger partial charge in [-0.2, -0.15) is 0 Å². The van der Waals surface area contributed by atoms with Gasteiger partial charge in [0.2, 0.25) is 0 Å². The van der Waals surface area contributed by atoms with Crippen LogP contribution in [0.25, 0.3) is 0 Å². The first-order chi connectivity index (χ1) is 9.06. The van der Waals surface area contributed by atoms with Gasteiger partial charge in [-0.15, -0.1) is 0 Å². The summed E-state index contributed by atoms with van der Waals surface area (Å²) in [6.45, 7) is 4.96. The average Bonchev–Trinajstić information content (AvgIpc) is 2.89. The van der Waals surface area contributed by atoms with Gasteiger partial charge >= 0.3 is 0 Å². The summed E-state index contributed by atoms with van der Waals surface area (Å²) >= 11 is 0. The molecule has 104 valence electrons. The van der Waals surface area contributed by atoms with Crippen LogP contribution in [0.5, 0.6) is 0 Å². The van der Waals surface area contributed by atoms with Crippen molar-refractivity contribution in [1.29, 1.82) is 0 Å². The fourth-order valence-electron chi connectivity index (χ4n) is 2.93. The zero-order valence-electron chi connectivity index (χ0n) is 12.0. The van der Waals surface area contributed by atoms with Crippen LogP contribution in [-0.2, 0) is 0 Å². The van der Waals surface area contributed by atoms with E-state index in [-0.39, 0.29) is 5.91 Å². The molecule has 1 amide bonds. The van der Waals surface area contributed by atoms with Gasteiger partial charge in [-0.3, -0.25) is 4.79 Å². The highest BCUT2D eigenvalue weighted by Gasteiger charge is 2.32. The lowest BCUT2D eigenvalue weighted by atomic mass is 9.83.